The van der Waals surface area contributed by atoms with E-state index < -0.39 is 0 Å². The van der Waals surface area contributed by atoms with Crippen LogP contribution in [0.5, 0.6) is 0 Å². The molecular formula is C15H28N6O. The van der Waals surface area contributed by atoms with Gasteiger partial charge in [-0.3, -0.25) is 9.67 Å². The zero-order valence-electron chi connectivity index (χ0n) is 14.0. The van der Waals surface area contributed by atoms with Crippen LogP contribution in [0.1, 0.15) is 24.4 Å². The molecule has 1 aliphatic heterocycles. The lowest BCUT2D eigenvalue weighted by atomic mass is 10.1. The van der Waals surface area contributed by atoms with E-state index in [1.54, 1.807) is 7.05 Å². The number of hydrogen-bond acceptors (Lipinski definition) is 4. The second-order valence-corrected chi connectivity index (χ2v) is 5.90. The molecule has 2 atom stereocenters. The Morgan fingerprint density at radius 1 is 1.55 bits per heavy atom. The average Bonchev–Trinajstić information content (AvgIpc) is 3.14. The summed E-state index contributed by atoms with van der Waals surface area (Å²) in [5.74, 6) is 0.811. The van der Waals surface area contributed by atoms with E-state index >= 15 is 0 Å². The Bertz CT molecular complexity index is 478. The first-order chi connectivity index (χ1) is 10.6. The first-order valence-electron chi connectivity index (χ1n) is 7.81. The van der Waals surface area contributed by atoms with Crippen molar-refractivity contribution in [3.63, 3.8) is 0 Å². The summed E-state index contributed by atoms with van der Waals surface area (Å²) in [5.41, 5.74) is 1.19. The van der Waals surface area contributed by atoms with Gasteiger partial charge in [0.2, 0.25) is 0 Å². The Hall–Kier alpha value is -1.60. The average molecular weight is 308 g/mol. The monoisotopic (exact) mass is 308 g/mol. The fraction of sp³-hybridized carbons (Fsp3) is 0.733. The summed E-state index contributed by atoms with van der Waals surface area (Å²) in [6.45, 7) is 2.45. The Morgan fingerprint density at radius 3 is 2.91 bits per heavy atom. The van der Waals surface area contributed by atoms with Gasteiger partial charge < -0.3 is 20.3 Å². The fourth-order valence-electron chi connectivity index (χ4n) is 2.64. The summed E-state index contributed by atoms with van der Waals surface area (Å²) in [6, 6.07) is 0.245. The van der Waals surface area contributed by atoms with Crippen LogP contribution < -0.4 is 10.6 Å². The number of aromatic nitrogens is 2. The quantitative estimate of drug-likeness (QED) is 0.587. The van der Waals surface area contributed by atoms with Gasteiger partial charge in [-0.05, 0) is 26.9 Å². The Labute approximate surface area is 132 Å². The molecule has 1 aromatic rings. The van der Waals surface area contributed by atoms with Crippen LogP contribution in [0.25, 0.3) is 0 Å². The van der Waals surface area contributed by atoms with Crippen molar-refractivity contribution >= 4 is 5.96 Å². The first kappa shape index (κ1) is 16.8. The van der Waals surface area contributed by atoms with Crippen LogP contribution in [-0.4, -0.2) is 67.6 Å². The van der Waals surface area contributed by atoms with E-state index in [2.05, 4.69) is 45.9 Å². The number of nitrogens with zero attached hydrogens (tertiary/aromatic N) is 4. The van der Waals surface area contributed by atoms with Gasteiger partial charge in [0.25, 0.3) is 0 Å². The number of nitrogens with one attached hydrogen (secondary N) is 2. The van der Waals surface area contributed by atoms with Gasteiger partial charge in [0.05, 0.1) is 18.3 Å². The van der Waals surface area contributed by atoms with Gasteiger partial charge in [-0.15, -0.1) is 0 Å². The second kappa shape index (κ2) is 8.14. The normalized spacial score (nSPS) is 20.4. The molecule has 0 aliphatic carbocycles. The maximum atomic E-state index is 5.62. The van der Waals surface area contributed by atoms with E-state index in [-0.39, 0.29) is 6.04 Å². The summed E-state index contributed by atoms with van der Waals surface area (Å²) in [4.78, 5) is 6.46. The highest BCUT2D eigenvalue weighted by Crippen LogP contribution is 2.16. The molecular weight excluding hydrogens is 280 g/mol. The van der Waals surface area contributed by atoms with E-state index in [1.165, 1.54) is 5.56 Å². The van der Waals surface area contributed by atoms with Crippen molar-refractivity contribution in [2.24, 2.45) is 12.0 Å². The molecule has 7 heteroatoms. The second-order valence-electron chi connectivity index (χ2n) is 5.90. The molecule has 0 amide bonds. The molecule has 0 aromatic carbocycles. The van der Waals surface area contributed by atoms with Crippen LogP contribution in [0, 0.1) is 0 Å². The topological polar surface area (TPSA) is 66.7 Å². The molecule has 1 aromatic heterocycles. The van der Waals surface area contributed by atoms with Crippen LogP contribution in [-0.2, 0) is 11.8 Å². The van der Waals surface area contributed by atoms with E-state index in [1.807, 2.05) is 17.9 Å². The molecule has 2 N–H and O–H groups in total. The molecule has 0 saturated carbocycles. The highest BCUT2D eigenvalue weighted by atomic mass is 16.5. The third-order valence-electron chi connectivity index (χ3n) is 3.94. The number of guanidine groups is 1. The lowest BCUT2D eigenvalue weighted by molar-refractivity contribution is 0.113. The van der Waals surface area contributed by atoms with Crippen molar-refractivity contribution in [2.75, 3.05) is 40.8 Å². The predicted molar refractivity (Wildman–Crippen MR) is 88.0 cm³/mol. The fourth-order valence-corrected chi connectivity index (χ4v) is 2.64. The minimum atomic E-state index is 0.245. The van der Waals surface area contributed by atoms with Gasteiger partial charge in [-0.25, -0.2) is 0 Å². The Kier molecular flexibility index (Phi) is 6.21. The highest BCUT2D eigenvalue weighted by Gasteiger charge is 2.18. The van der Waals surface area contributed by atoms with Crippen LogP contribution in [0.2, 0.25) is 0 Å². The Balaban J connectivity index is 1.84. The molecule has 7 nitrogen and oxygen atoms in total. The summed E-state index contributed by atoms with van der Waals surface area (Å²) in [5, 5.41) is 11.0. The van der Waals surface area contributed by atoms with Crippen LogP contribution >= 0.6 is 0 Å². The molecule has 1 fully saturated rings. The molecule has 0 bridgehead atoms. The van der Waals surface area contributed by atoms with Crippen molar-refractivity contribution < 1.29 is 4.74 Å². The molecule has 124 valence electrons. The van der Waals surface area contributed by atoms with E-state index in [4.69, 9.17) is 4.74 Å². The predicted octanol–water partition coefficient (Wildman–Crippen LogP) is 0.367. The highest BCUT2D eigenvalue weighted by molar-refractivity contribution is 5.79. The van der Waals surface area contributed by atoms with E-state index in [0.29, 0.717) is 6.10 Å². The standard InChI is InChI=1S/C15H28N6O/c1-16-15(17-9-13-6-5-7-22-13)18-10-14(20(2)3)12-8-19-21(4)11-12/h8,11,13-14H,5-7,9-10H2,1-4H3,(H2,16,17,18). The maximum Gasteiger partial charge on any atom is 0.191 e. The van der Waals surface area contributed by atoms with Crippen molar-refractivity contribution in [2.45, 2.75) is 25.0 Å². The summed E-state index contributed by atoms with van der Waals surface area (Å²) in [7, 11) is 7.87. The lowest BCUT2D eigenvalue weighted by Gasteiger charge is -2.25. The minimum Gasteiger partial charge on any atom is -0.376 e. The van der Waals surface area contributed by atoms with Gasteiger partial charge in [0, 0.05) is 45.6 Å². The van der Waals surface area contributed by atoms with E-state index in [0.717, 1.165) is 38.5 Å². The summed E-state index contributed by atoms with van der Waals surface area (Å²) < 4.78 is 7.45. The number of ether oxygens (including phenoxy) is 1. The zero-order valence-corrected chi connectivity index (χ0v) is 14.0. The third-order valence-corrected chi connectivity index (χ3v) is 3.94. The molecule has 0 spiro atoms. The SMILES string of the molecule is CN=C(NCC1CCCO1)NCC(c1cnn(C)c1)N(C)C. The van der Waals surface area contributed by atoms with Crippen LogP contribution in [0.3, 0.4) is 0 Å². The van der Waals surface area contributed by atoms with Crippen molar-refractivity contribution in [1.29, 1.82) is 0 Å². The largest absolute Gasteiger partial charge is 0.376 e. The molecule has 2 rings (SSSR count). The van der Waals surface area contributed by atoms with Gasteiger partial charge in [0.1, 0.15) is 0 Å². The minimum absolute atomic E-state index is 0.245. The number of rotatable bonds is 6. The molecule has 2 unspecified atom stereocenters. The number of likely N-dealkylation sites (N-methyl/N-ethyl adjacent to an activating group) is 1. The van der Waals surface area contributed by atoms with E-state index in [9.17, 15) is 0 Å². The van der Waals surface area contributed by atoms with Gasteiger partial charge in [0.15, 0.2) is 5.96 Å². The first-order valence-corrected chi connectivity index (χ1v) is 7.81. The number of hydrogen-bond donors (Lipinski definition) is 2. The summed E-state index contributed by atoms with van der Waals surface area (Å²) in [6.07, 6.45) is 6.55. The zero-order chi connectivity index (χ0) is 15.9. The maximum absolute atomic E-state index is 5.62. The molecule has 22 heavy (non-hydrogen) atoms. The van der Waals surface area contributed by atoms with Gasteiger partial charge in [-0.2, -0.15) is 5.10 Å². The Morgan fingerprint density at radius 2 is 2.36 bits per heavy atom. The van der Waals surface area contributed by atoms with Crippen molar-refractivity contribution in [3.05, 3.63) is 18.0 Å². The van der Waals surface area contributed by atoms with Crippen molar-refractivity contribution in [3.8, 4) is 0 Å². The third kappa shape index (κ3) is 4.71. The smallest absolute Gasteiger partial charge is 0.191 e. The molecule has 0 radical (unpaired) electrons. The molecule has 2 heterocycles. The van der Waals surface area contributed by atoms with Crippen LogP contribution in [0.4, 0.5) is 0 Å². The van der Waals surface area contributed by atoms with Gasteiger partial charge in [-0.1, -0.05) is 0 Å². The van der Waals surface area contributed by atoms with Crippen molar-refractivity contribution in [1.82, 2.24) is 25.3 Å². The van der Waals surface area contributed by atoms with Gasteiger partial charge >= 0.3 is 0 Å². The lowest BCUT2D eigenvalue weighted by Crippen LogP contribution is -2.44. The molecule has 1 saturated heterocycles. The molecule has 1 aliphatic rings. The number of aryl methyl sites for hydroxylation is 1. The summed E-state index contributed by atoms with van der Waals surface area (Å²) >= 11 is 0. The number of aliphatic imine (C=N–C) groups is 1. The van der Waals surface area contributed by atoms with Crippen LogP contribution in [0.15, 0.2) is 17.4 Å².